The molecule has 0 aromatic heterocycles. The van der Waals surface area contributed by atoms with E-state index in [0.717, 1.165) is 11.8 Å². The highest BCUT2D eigenvalue weighted by atomic mass is 35.5. The van der Waals surface area contributed by atoms with Crippen LogP contribution in [0.15, 0.2) is 12.1 Å². The maximum atomic E-state index is 10.2. The number of methoxy groups -OCH3 is 1. The van der Waals surface area contributed by atoms with E-state index in [-0.39, 0.29) is 5.75 Å². The summed E-state index contributed by atoms with van der Waals surface area (Å²) in [7, 11) is 1.45. The molecular weight excluding hydrogens is 204 g/mol. The predicted molar refractivity (Wildman–Crippen MR) is 54.1 cm³/mol. The molecule has 4 heteroatoms. The molecule has 0 amide bonds. The summed E-state index contributed by atoms with van der Waals surface area (Å²) in [5, 5.41) is 9.94. The van der Waals surface area contributed by atoms with Gasteiger partial charge in [0.15, 0.2) is 11.5 Å². The van der Waals surface area contributed by atoms with Crippen molar-refractivity contribution in [3.05, 3.63) is 22.7 Å². The third-order valence-corrected chi connectivity index (χ3v) is 2.23. The van der Waals surface area contributed by atoms with E-state index in [9.17, 15) is 9.90 Å². The first kappa shape index (κ1) is 10.9. The Morgan fingerprint density at radius 3 is 2.86 bits per heavy atom. The number of hydrogen-bond donors (Lipinski definition) is 1. The predicted octanol–water partition coefficient (Wildman–Crippen LogP) is 2.19. The second-order valence-corrected chi connectivity index (χ2v) is 3.23. The lowest BCUT2D eigenvalue weighted by Gasteiger charge is -2.07. The fourth-order valence-electron chi connectivity index (χ4n) is 1.16. The Labute approximate surface area is 87.3 Å². The molecular formula is C10H11ClO3. The van der Waals surface area contributed by atoms with Crippen molar-refractivity contribution < 1.29 is 14.6 Å². The van der Waals surface area contributed by atoms with Crippen LogP contribution in [0.3, 0.4) is 0 Å². The minimum Gasteiger partial charge on any atom is -0.504 e. The molecule has 0 aliphatic carbocycles. The monoisotopic (exact) mass is 214 g/mol. The van der Waals surface area contributed by atoms with Gasteiger partial charge in [-0.15, -0.1) is 0 Å². The van der Waals surface area contributed by atoms with Gasteiger partial charge in [-0.3, -0.25) is 0 Å². The van der Waals surface area contributed by atoms with Crippen LogP contribution >= 0.6 is 11.6 Å². The van der Waals surface area contributed by atoms with E-state index >= 15 is 0 Å². The van der Waals surface area contributed by atoms with E-state index in [1.54, 1.807) is 0 Å². The quantitative estimate of drug-likeness (QED) is 0.782. The molecule has 0 saturated heterocycles. The summed E-state index contributed by atoms with van der Waals surface area (Å²) < 4.78 is 4.88. The van der Waals surface area contributed by atoms with Crippen LogP contribution in [-0.4, -0.2) is 18.5 Å². The molecule has 0 spiro atoms. The summed E-state index contributed by atoms with van der Waals surface area (Å²) in [5.74, 6) is 0.377. The fourth-order valence-corrected chi connectivity index (χ4v) is 1.40. The highest BCUT2D eigenvalue weighted by Crippen LogP contribution is 2.32. The Balaban J connectivity index is 2.96. The van der Waals surface area contributed by atoms with Crippen LogP contribution < -0.4 is 4.74 Å². The van der Waals surface area contributed by atoms with E-state index in [1.807, 2.05) is 0 Å². The van der Waals surface area contributed by atoms with E-state index in [0.29, 0.717) is 23.6 Å². The molecule has 0 heterocycles. The van der Waals surface area contributed by atoms with Crippen LogP contribution in [0.2, 0.25) is 5.02 Å². The standard InChI is InChI=1S/C10H11ClO3/c1-14-10-6-8(11)7(3-2-4-12)5-9(10)13/h4-6,13H,2-3H2,1H3. The zero-order valence-corrected chi connectivity index (χ0v) is 8.54. The number of rotatable bonds is 4. The molecule has 0 unspecified atom stereocenters. The average molecular weight is 215 g/mol. The number of phenols is 1. The summed E-state index contributed by atoms with van der Waals surface area (Å²) in [6, 6.07) is 3.06. The van der Waals surface area contributed by atoms with Crippen molar-refractivity contribution in [3.8, 4) is 11.5 Å². The molecule has 0 fully saturated rings. The number of halogens is 1. The number of carbonyl (C=O) groups is 1. The van der Waals surface area contributed by atoms with Gasteiger partial charge >= 0.3 is 0 Å². The minimum absolute atomic E-state index is 0.0396. The molecule has 0 saturated carbocycles. The van der Waals surface area contributed by atoms with Crippen molar-refractivity contribution in [2.24, 2.45) is 0 Å². The van der Waals surface area contributed by atoms with Gasteiger partial charge in [-0.2, -0.15) is 0 Å². The van der Waals surface area contributed by atoms with Gasteiger partial charge in [0.2, 0.25) is 0 Å². The first-order chi connectivity index (χ1) is 6.69. The summed E-state index contributed by atoms with van der Waals surface area (Å²) >= 11 is 5.91. The maximum absolute atomic E-state index is 10.2. The number of hydrogen-bond acceptors (Lipinski definition) is 3. The van der Waals surface area contributed by atoms with Gasteiger partial charge < -0.3 is 14.6 Å². The van der Waals surface area contributed by atoms with Gasteiger partial charge in [0.25, 0.3) is 0 Å². The van der Waals surface area contributed by atoms with Gasteiger partial charge in [0.1, 0.15) is 6.29 Å². The fraction of sp³-hybridized carbons (Fsp3) is 0.300. The average Bonchev–Trinajstić information content (AvgIpc) is 2.18. The van der Waals surface area contributed by atoms with Gasteiger partial charge in [0.05, 0.1) is 7.11 Å². The number of phenolic OH excluding ortho intramolecular Hbond substituents is 1. The number of aromatic hydroxyl groups is 1. The van der Waals surface area contributed by atoms with Gasteiger partial charge in [-0.1, -0.05) is 11.6 Å². The van der Waals surface area contributed by atoms with Crippen LogP contribution in [0.5, 0.6) is 11.5 Å². The number of benzene rings is 1. The van der Waals surface area contributed by atoms with Gasteiger partial charge in [-0.05, 0) is 18.1 Å². The van der Waals surface area contributed by atoms with Crippen LogP contribution in [0.4, 0.5) is 0 Å². The Morgan fingerprint density at radius 2 is 2.29 bits per heavy atom. The van der Waals surface area contributed by atoms with Crippen molar-refractivity contribution >= 4 is 17.9 Å². The first-order valence-electron chi connectivity index (χ1n) is 4.18. The SMILES string of the molecule is COc1cc(Cl)c(CCC=O)cc1O. The molecule has 0 bridgehead atoms. The molecule has 0 aliphatic heterocycles. The first-order valence-corrected chi connectivity index (χ1v) is 4.56. The Morgan fingerprint density at radius 1 is 1.57 bits per heavy atom. The normalized spacial score (nSPS) is 9.86. The zero-order chi connectivity index (χ0) is 10.6. The third-order valence-electron chi connectivity index (χ3n) is 1.88. The molecule has 1 N–H and O–H groups in total. The largest absolute Gasteiger partial charge is 0.504 e. The van der Waals surface area contributed by atoms with Gasteiger partial charge in [-0.25, -0.2) is 0 Å². The van der Waals surface area contributed by atoms with Crippen molar-refractivity contribution in [1.29, 1.82) is 0 Å². The number of aldehydes is 1. The number of carbonyl (C=O) groups excluding carboxylic acids is 1. The van der Waals surface area contributed by atoms with E-state index in [2.05, 4.69) is 0 Å². The van der Waals surface area contributed by atoms with Crippen LogP contribution in [-0.2, 0) is 11.2 Å². The molecule has 76 valence electrons. The van der Waals surface area contributed by atoms with Crippen molar-refractivity contribution in [2.75, 3.05) is 7.11 Å². The summed E-state index contributed by atoms with van der Waals surface area (Å²) in [6.45, 7) is 0. The molecule has 0 aliphatic rings. The number of ether oxygens (including phenoxy) is 1. The highest BCUT2D eigenvalue weighted by Gasteiger charge is 2.07. The van der Waals surface area contributed by atoms with Crippen molar-refractivity contribution in [2.45, 2.75) is 12.8 Å². The molecule has 0 atom stereocenters. The molecule has 1 aromatic carbocycles. The Bertz CT molecular complexity index is 336. The third kappa shape index (κ3) is 2.39. The van der Waals surface area contributed by atoms with E-state index in [4.69, 9.17) is 16.3 Å². The summed E-state index contributed by atoms with van der Waals surface area (Å²) in [6.07, 6.45) is 1.74. The maximum Gasteiger partial charge on any atom is 0.161 e. The second-order valence-electron chi connectivity index (χ2n) is 2.82. The smallest absolute Gasteiger partial charge is 0.161 e. The zero-order valence-electron chi connectivity index (χ0n) is 7.79. The lowest BCUT2D eigenvalue weighted by molar-refractivity contribution is -0.107. The van der Waals surface area contributed by atoms with Gasteiger partial charge in [0, 0.05) is 17.5 Å². The summed E-state index contributed by atoms with van der Waals surface area (Å²) in [4.78, 5) is 10.2. The lowest BCUT2D eigenvalue weighted by Crippen LogP contribution is -1.90. The van der Waals surface area contributed by atoms with Crippen LogP contribution in [0, 0.1) is 0 Å². The molecule has 1 aromatic rings. The van der Waals surface area contributed by atoms with E-state index < -0.39 is 0 Å². The molecule has 14 heavy (non-hydrogen) atoms. The highest BCUT2D eigenvalue weighted by molar-refractivity contribution is 6.31. The lowest BCUT2D eigenvalue weighted by atomic mass is 10.1. The van der Waals surface area contributed by atoms with Crippen molar-refractivity contribution in [3.63, 3.8) is 0 Å². The van der Waals surface area contributed by atoms with Crippen LogP contribution in [0.1, 0.15) is 12.0 Å². The molecule has 0 radical (unpaired) electrons. The second kappa shape index (κ2) is 4.86. The Kier molecular flexibility index (Phi) is 3.77. The number of aryl methyl sites for hydroxylation is 1. The topological polar surface area (TPSA) is 46.5 Å². The van der Waals surface area contributed by atoms with Crippen LogP contribution in [0.25, 0.3) is 0 Å². The summed E-state index contributed by atoms with van der Waals surface area (Å²) in [5.41, 5.74) is 0.747. The van der Waals surface area contributed by atoms with E-state index in [1.165, 1.54) is 19.2 Å². The minimum atomic E-state index is 0.0396. The Hall–Kier alpha value is -1.22. The molecule has 3 nitrogen and oxygen atoms in total. The van der Waals surface area contributed by atoms with Crippen molar-refractivity contribution in [1.82, 2.24) is 0 Å². The molecule has 1 rings (SSSR count).